The number of hydrogen-bond donors (Lipinski definition) is 0. The Morgan fingerprint density at radius 1 is 1.31 bits per heavy atom. The second-order valence-electron chi connectivity index (χ2n) is 4.45. The number of nitrogens with zero attached hydrogens (tertiary/aromatic N) is 2. The normalized spacial score (nSPS) is 17.5. The maximum atomic E-state index is 4.57. The van der Waals surface area contributed by atoms with E-state index in [1.54, 1.807) is 0 Å². The molecule has 1 aromatic heterocycles. The van der Waals surface area contributed by atoms with Crippen LogP contribution in [0.4, 0.5) is 0 Å². The van der Waals surface area contributed by atoms with Crippen LogP contribution in [0.25, 0.3) is 11.1 Å². The summed E-state index contributed by atoms with van der Waals surface area (Å²) in [6.45, 7) is 4.27. The third kappa shape index (κ3) is 1.19. The second-order valence-corrected chi connectivity index (χ2v) is 4.45. The Morgan fingerprint density at radius 3 is 3.00 bits per heavy atom. The van der Waals surface area contributed by atoms with Gasteiger partial charge in [-0.25, -0.2) is 0 Å². The lowest BCUT2D eigenvalue weighted by molar-refractivity contribution is 1.09. The molecule has 0 amide bonds. The number of aromatic nitrogens is 1. The van der Waals surface area contributed by atoms with Crippen molar-refractivity contribution in [3.63, 3.8) is 0 Å². The highest BCUT2D eigenvalue weighted by molar-refractivity contribution is 6.01. The van der Waals surface area contributed by atoms with Gasteiger partial charge in [-0.2, -0.15) is 0 Å². The van der Waals surface area contributed by atoms with Crippen molar-refractivity contribution in [1.82, 2.24) is 4.98 Å². The molecule has 1 aliphatic carbocycles. The molecule has 0 bridgehead atoms. The molecule has 0 fully saturated rings. The van der Waals surface area contributed by atoms with Crippen LogP contribution in [0.15, 0.2) is 34.6 Å². The summed E-state index contributed by atoms with van der Waals surface area (Å²) >= 11 is 0. The van der Waals surface area contributed by atoms with Gasteiger partial charge in [-0.05, 0) is 38.3 Å². The molecule has 1 aliphatic heterocycles. The lowest BCUT2D eigenvalue weighted by Crippen LogP contribution is -1.92. The average Bonchev–Trinajstić information content (AvgIpc) is 2.63. The number of allylic oxidation sites excluding steroid dienone is 3. The minimum atomic E-state index is 1.04. The smallest absolute Gasteiger partial charge is 0.0798 e. The van der Waals surface area contributed by atoms with Crippen molar-refractivity contribution in [3.8, 4) is 0 Å². The highest BCUT2D eigenvalue weighted by Gasteiger charge is 2.28. The third-order valence-corrected chi connectivity index (χ3v) is 3.14. The van der Waals surface area contributed by atoms with Crippen LogP contribution in [0.2, 0.25) is 0 Å². The molecule has 0 saturated carbocycles. The Labute approximate surface area is 95.4 Å². The maximum absolute atomic E-state index is 4.57. The number of hydrogen-bond acceptors (Lipinski definition) is 2. The van der Waals surface area contributed by atoms with Crippen LogP contribution in [0.3, 0.4) is 0 Å². The van der Waals surface area contributed by atoms with Crippen LogP contribution >= 0.6 is 0 Å². The standard InChI is InChI=1S/C14H14N2/c1-9(2)12-13-10(5-3-7-15-13)11-6-4-8-16-14(11)12/h3,5,7-8H,4,6H2,1-2H3. The van der Waals surface area contributed by atoms with E-state index in [0.717, 1.165) is 24.2 Å². The van der Waals surface area contributed by atoms with E-state index in [0.29, 0.717) is 0 Å². The fraction of sp³-hybridized carbons (Fsp3) is 0.286. The number of fused-ring (bicyclic) bond motifs is 2. The van der Waals surface area contributed by atoms with Crippen molar-refractivity contribution in [1.29, 1.82) is 0 Å². The number of pyridine rings is 1. The SMILES string of the molecule is CC(C)=C1C2=C(CCC=N2)c2cccnc21. The van der Waals surface area contributed by atoms with Crippen LogP contribution in [-0.4, -0.2) is 11.2 Å². The van der Waals surface area contributed by atoms with E-state index < -0.39 is 0 Å². The van der Waals surface area contributed by atoms with Crippen LogP contribution in [0.1, 0.15) is 37.9 Å². The van der Waals surface area contributed by atoms with Gasteiger partial charge >= 0.3 is 0 Å². The molecule has 2 aliphatic rings. The summed E-state index contributed by atoms with van der Waals surface area (Å²) in [7, 11) is 0. The molecule has 2 heterocycles. The quantitative estimate of drug-likeness (QED) is 0.643. The largest absolute Gasteiger partial charge is 0.260 e. The lowest BCUT2D eigenvalue weighted by atomic mass is 10.0. The zero-order valence-corrected chi connectivity index (χ0v) is 9.62. The first-order valence-electron chi connectivity index (χ1n) is 5.68. The van der Waals surface area contributed by atoms with Gasteiger partial charge in [0.1, 0.15) is 0 Å². The summed E-state index contributed by atoms with van der Waals surface area (Å²) in [6.07, 6.45) is 6.02. The van der Waals surface area contributed by atoms with Crippen molar-refractivity contribution in [2.45, 2.75) is 26.7 Å². The van der Waals surface area contributed by atoms with E-state index in [-0.39, 0.29) is 0 Å². The van der Waals surface area contributed by atoms with Crippen molar-refractivity contribution < 1.29 is 0 Å². The Kier molecular flexibility index (Phi) is 2.03. The van der Waals surface area contributed by atoms with Crippen molar-refractivity contribution in [2.24, 2.45) is 4.99 Å². The first kappa shape index (κ1) is 9.52. The highest BCUT2D eigenvalue weighted by Crippen LogP contribution is 2.45. The fourth-order valence-corrected chi connectivity index (χ4v) is 2.47. The first-order valence-corrected chi connectivity index (χ1v) is 5.68. The summed E-state index contributed by atoms with van der Waals surface area (Å²) in [6, 6.07) is 4.17. The Morgan fingerprint density at radius 2 is 2.19 bits per heavy atom. The van der Waals surface area contributed by atoms with Crippen molar-refractivity contribution in [3.05, 3.63) is 40.9 Å². The minimum Gasteiger partial charge on any atom is -0.260 e. The summed E-state index contributed by atoms with van der Waals surface area (Å²) in [5, 5.41) is 0. The maximum Gasteiger partial charge on any atom is 0.0798 e. The monoisotopic (exact) mass is 210 g/mol. The Bertz CT molecular complexity index is 544. The van der Waals surface area contributed by atoms with Crippen LogP contribution < -0.4 is 0 Å². The molecule has 16 heavy (non-hydrogen) atoms. The second kappa shape index (κ2) is 3.41. The molecule has 2 heteroatoms. The van der Waals surface area contributed by atoms with Gasteiger partial charge in [0.2, 0.25) is 0 Å². The van der Waals surface area contributed by atoms with Gasteiger partial charge < -0.3 is 0 Å². The van der Waals surface area contributed by atoms with Crippen molar-refractivity contribution >= 4 is 17.4 Å². The van der Waals surface area contributed by atoms with E-state index in [2.05, 4.69) is 29.9 Å². The molecule has 3 rings (SSSR count). The predicted molar refractivity (Wildman–Crippen MR) is 67.2 cm³/mol. The molecule has 0 N–H and O–H groups in total. The zero-order valence-electron chi connectivity index (χ0n) is 9.62. The van der Waals surface area contributed by atoms with Gasteiger partial charge in [-0.1, -0.05) is 11.6 Å². The van der Waals surface area contributed by atoms with E-state index in [1.165, 1.54) is 22.3 Å². The van der Waals surface area contributed by atoms with Gasteiger partial charge in [0, 0.05) is 23.5 Å². The Balaban J connectivity index is 2.33. The lowest BCUT2D eigenvalue weighted by Gasteiger charge is -2.08. The van der Waals surface area contributed by atoms with E-state index in [1.807, 2.05) is 18.5 Å². The molecule has 80 valence electrons. The van der Waals surface area contributed by atoms with E-state index >= 15 is 0 Å². The first-order chi connectivity index (χ1) is 7.79. The van der Waals surface area contributed by atoms with Gasteiger partial charge in [0.15, 0.2) is 0 Å². The molecule has 0 aromatic carbocycles. The molecule has 1 aromatic rings. The van der Waals surface area contributed by atoms with Gasteiger partial charge in [0.05, 0.1) is 11.4 Å². The molecule has 0 spiro atoms. The fourth-order valence-electron chi connectivity index (χ4n) is 2.47. The molecule has 2 nitrogen and oxygen atoms in total. The topological polar surface area (TPSA) is 25.2 Å². The van der Waals surface area contributed by atoms with Gasteiger partial charge in [-0.15, -0.1) is 0 Å². The minimum absolute atomic E-state index is 1.04. The number of rotatable bonds is 0. The van der Waals surface area contributed by atoms with Crippen LogP contribution in [-0.2, 0) is 0 Å². The molecule has 0 radical (unpaired) electrons. The number of aliphatic imine (C=N–C) groups is 1. The molecule has 0 unspecified atom stereocenters. The summed E-state index contributed by atoms with van der Waals surface area (Å²) in [5.74, 6) is 0. The molecule has 0 atom stereocenters. The predicted octanol–water partition coefficient (Wildman–Crippen LogP) is 3.46. The Hall–Kier alpha value is -1.70. The summed E-state index contributed by atoms with van der Waals surface area (Å²) in [5.41, 5.74) is 7.46. The summed E-state index contributed by atoms with van der Waals surface area (Å²) in [4.78, 5) is 9.08. The third-order valence-electron chi connectivity index (χ3n) is 3.14. The van der Waals surface area contributed by atoms with E-state index in [4.69, 9.17) is 0 Å². The highest BCUT2D eigenvalue weighted by atomic mass is 14.8. The van der Waals surface area contributed by atoms with Crippen molar-refractivity contribution in [2.75, 3.05) is 0 Å². The van der Waals surface area contributed by atoms with Crippen LogP contribution in [0.5, 0.6) is 0 Å². The van der Waals surface area contributed by atoms with Gasteiger partial charge in [0.25, 0.3) is 0 Å². The van der Waals surface area contributed by atoms with Crippen LogP contribution in [0, 0.1) is 0 Å². The van der Waals surface area contributed by atoms with Gasteiger partial charge in [-0.3, -0.25) is 9.98 Å². The molecular formula is C14H14N2. The zero-order chi connectivity index (χ0) is 11.1. The molecule has 0 saturated heterocycles. The van der Waals surface area contributed by atoms with E-state index in [9.17, 15) is 0 Å². The summed E-state index contributed by atoms with van der Waals surface area (Å²) < 4.78 is 0. The average molecular weight is 210 g/mol. The molecular weight excluding hydrogens is 196 g/mol.